The molecule has 4 rings (SSSR count). The Kier molecular flexibility index (Phi) is 5.87. The Hall–Kier alpha value is -3.78. The number of halogens is 3. The highest BCUT2D eigenvalue weighted by molar-refractivity contribution is 6.32. The van der Waals surface area contributed by atoms with Crippen molar-refractivity contribution in [1.29, 1.82) is 0 Å². The van der Waals surface area contributed by atoms with Crippen LogP contribution in [0.4, 0.5) is 14.5 Å². The van der Waals surface area contributed by atoms with Crippen LogP contribution in [0.2, 0.25) is 5.02 Å². The summed E-state index contributed by atoms with van der Waals surface area (Å²) in [6, 6.07) is 11.8. The number of rotatable bonds is 4. The Morgan fingerprint density at radius 1 is 0.853 bits per heavy atom. The molecule has 1 amide bonds. The first-order chi connectivity index (χ1) is 16.1. The molecule has 0 unspecified atom stereocenters. The van der Waals surface area contributed by atoms with Crippen molar-refractivity contribution >= 4 is 35.1 Å². The molecule has 1 N–H and O–H groups in total. The van der Waals surface area contributed by atoms with Crippen LogP contribution in [0.1, 0.15) is 36.1 Å². The summed E-state index contributed by atoms with van der Waals surface area (Å²) in [6.45, 7) is 3.96. The monoisotopic (exact) mass is 485 g/mol. The van der Waals surface area contributed by atoms with Crippen molar-refractivity contribution in [2.75, 3.05) is 5.32 Å². The van der Waals surface area contributed by atoms with Crippen LogP contribution in [0.25, 0.3) is 0 Å². The van der Waals surface area contributed by atoms with Gasteiger partial charge in [0, 0.05) is 19.4 Å². The molecule has 174 valence electrons. The summed E-state index contributed by atoms with van der Waals surface area (Å²) in [6.07, 6.45) is 0. The molecule has 0 spiro atoms. The van der Waals surface area contributed by atoms with Gasteiger partial charge in [0.25, 0.3) is 0 Å². The van der Waals surface area contributed by atoms with Crippen LogP contribution in [0.15, 0.2) is 48.5 Å². The Morgan fingerprint density at radius 3 is 1.71 bits per heavy atom. The lowest BCUT2D eigenvalue weighted by Crippen LogP contribution is -2.37. The molecule has 0 aliphatic carbocycles. The molecular formula is C25H18ClF2NO5. The van der Waals surface area contributed by atoms with Crippen molar-refractivity contribution in [2.45, 2.75) is 26.2 Å². The van der Waals surface area contributed by atoms with Gasteiger partial charge in [-0.1, -0.05) is 35.9 Å². The predicted molar refractivity (Wildman–Crippen MR) is 120 cm³/mol. The molecule has 0 bridgehead atoms. The first kappa shape index (κ1) is 23.4. The fourth-order valence-corrected chi connectivity index (χ4v) is 4.38. The highest BCUT2D eigenvalue weighted by Gasteiger charge is 2.53. The average molecular weight is 486 g/mol. The van der Waals surface area contributed by atoms with E-state index in [1.54, 1.807) is 0 Å². The molecule has 3 aromatic rings. The maximum atomic E-state index is 15.5. The van der Waals surface area contributed by atoms with Crippen LogP contribution in [-0.2, 0) is 19.8 Å². The number of amides is 1. The average Bonchev–Trinajstić information content (AvgIpc) is 3.10. The first-order valence-electron chi connectivity index (χ1n) is 10.1. The van der Waals surface area contributed by atoms with Crippen molar-refractivity contribution in [3.05, 3.63) is 87.4 Å². The standard InChI is InChI=1S/C25H18ClF2NO5/c1-12-20(26)22(28)21(27)19-23(12)29-24(32)25(19,15-4-8-17(9-5-15)33-13(2)30)16-6-10-18(11-7-16)34-14(3)31/h4-11H,1-3H3,(H,29,32). The SMILES string of the molecule is CC(=O)Oc1ccc(C2(c3ccc(OC(C)=O)cc3)C(=O)Nc3c(C)c(Cl)c(F)c(F)c32)cc1. The second-order valence-electron chi connectivity index (χ2n) is 7.76. The van der Waals surface area contributed by atoms with E-state index in [4.69, 9.17) is 21.1 Å². The maximum Gasteiger partial charge on any atom is 0.308 e. The number of carbonyl (C=O) groups excluding carboxylic acids is 3. The molecule has 9 heteroatoms. The van der Waals surface area contributed by atoms with Crippen molar-refractivity contribution in [2.24, 2.45) is 0 Å². The molecule has 0 saturated heterocycles. The molecule has 6 nitrogen and oxygen atoms in total. The fraction of sp³-hybridized carbons (Fsp3) is 0.160. The van der Waals surface area contributed by atoms with Gasteiger partial charge in [-0.3, -0.25) is 14.4 Å². The molecule has 0 fully saturated rings. The molecule has 1 heterocycles. The molecule has 0 saturated carbocycles. The molecular weight excluding hydrogens is 468 g/mol. The Balaban J connectivity index is 2.01. The molecule has 0 radical (unpaired) electrons. The second kappa shape index (κ2) is 8.53. The minimum atomic E-state index is -1.81. The quantitative estimate of drug-likeness (QED) is 0.317. The zero-order valence-electron chi connectivity index (χ0n) is 18.3. The van der Waals surface area contributed by atoms with Gasteiger partial charge >= 0.3 is 11.9 Å². The number of carbonyl (C=O) groups is 3. The summed E-state index contributed by atoms with van der Waals surface area (Å²) in [4.78, 5) is 36.2. The lowest BCUT2D eigenvalue weighted by molar-refractivity contribution is -0.132. The van der Waals surface area contributed by atoms with Gasteiger partial charge in [-0.25, -0.2) is 8.78 Å². The summed E-state index contributed by atoms with van der Waals surface area (Å²) >= 11 is 5.97. The van der Waals surface area contributed by atoms with E-state index >= 15 is 4.39 Å². The van der Waals surface area contributed by atoms with Gasteiger partial charge in [-0.2, -0.15) is 0 Å². The third kappa shape index (κ3) is 3.60. The topological polar surface area (TPSA) is 81.7 Å². The second-order valence-corrected chi connectivity index (χ2v) is 8.14. The van der Waals surface area contributed by atoms with E-state index in [1.165, 1.54) is 69.3 Å². The van der Waals surface area contributed by atoms with Crippen LogP contribution < -0.4 is 14.8 Å². The summed E-state index contributed by atoms with van der Waals surface area (Å²) < 4.78 is 40.4. The van der Waals surface area contributed by atoms with Gasteiger partial charge in [0.2, 0.25) is 5.91 Å². The number of benzene rings is 3. The summed E-state index contributed by atoms with van der Waals surface area (Å²) in [5.74, 6) is -3.81. The fourth-order valence-electron chi connectivity index (χ4n) is 4.20. The smallest absolute Gasteiger partial charge is 0.308 e. The largest absolute Gasteiger partial charge is 0.427 e. The van der Waals surface area contributed by atoms with Crippen molar-refractivity contribution in [3.8, 4) is 11.5 Å². The van der Waals surface area contributed by atoms with Crippen LogP contribution in [0, 0.1) is 18.6 Å². The molecule has 0 aromatic heterocycles. The van der Waals surface area contributed by atoms with Crippen molar-refractivity contribution < 1.29 is 32.6 Å². The number of nitrogens with one attached hydrogen (secondary N) is 1. The summed E-state index contributed by atoms with van der Waals surface area (Å²) in [5, 5.41) is 2.23. The van der Waals surface area contributed by atoms with Gasteiger partial charge < -0.3 is 14.8 Å². The highest BCUT2D eigenvalue weighted by atomic mass is 35.5. The van der Waals surface area contributed by atoms with Crippen molar-refractivity contribution in [3.63, 3.8) is 0 Å². The van der Waals surface area contributed by atoms with Crippen LogP contribution in [0.5, 0.6) is 11.5 Å². The van der Waals surface area contributed by atoms with Gasteiger partial charge in [0.1, 0.15) is 16.9 Å². The number of hydrogen-bond donors (Lipinski definition) is 1. The van der Waals surface area contributed by atoms with E-state index in [0.717, 1.165) is 0 Å². The molecule has 1 aliphatic rings. The number of esters is 2. The van der Waals surface area contributed by atoms with Gasteiger partial charge in [0.05, 0.1) is 10.7 Å². The third-order valence-corrected chi connectivity index (χ3v) is 6.06. The van der Waals surface area contributed by atoms with Gasteiger partial charge in [0.15, 0.2) is 11.6 Å². The van der Waals surface area contributed by atoms with E-state index in [9.17, 15) is 18.8 Å². The molecule has 34 heavy (non-hydrogen) atoms. The van der Waals surface area contributed by atoms with E-state index in [-0.39, 0.29) is 28.3 Å². The number of anilines is 1. The minimum Gasteiger partial charge on any atom is -0.427 e. The highest BCUT2D eigenvalue weighted by Crippen LogP contribution is 2.52. The van der Waals surface area contributed by atoms with E-state index in [0.29, 0.717) is 11.1 Å². The molecule has 3 aromatic carbocycles. The lowest BCUT2D eigenvalue weighted by Gasteiger charge is -2.29. The van der Waals surface area contributed by atoms with Crippen LogP contribution >= 0.6 is 11.6 Å². The number of hydrogen-bond acceptors (Lipinski definition) is 5. The minimum absolute atomic E-state index is 0.0713. The van der Waals surface area contributed by atoms with Crippen LogP contribution in [-0.4, -0.2) is 17.8 Å². The zero-order valence-corrected chi connectivity index (χ0v) is 19.0. The molecule has 0 atom stereocenters. The lowest BCUT2D eigenvalue weighted by atomic mass is 9.69. The Labute approximate surface area is 198 Å². The van der Waals surface area contributed by atoms with Crippen molar-refractivity contribution in [1.82, 2.24) is 0 Å². The number of fused-ring (bicyclic) bond motifs is 1. The van der Waals surface area contributed by atoms with Gasteiger partial charge in [-0.05, 0) is 47.9 Å². The van der Waals surface area contributed by atoms with Gasteiger partial charge in [-0.15, -0.1) is 0 Å². The normalized spacial score (nSPS) is 13.8. The van der Waals surface area contributed by atoms with E-state index in [2.05, 4.69) is 5.32 Å². The summed E-state index contributed by atoms with van der Waals surface area (Å²) in [5.41, 5.74) is -1.20. The van der Waals surface area contributed by atoms with E-state index in [1.807, 2.05) is 0 Å². The van der Waals surface area contributed by atoms with Crippen LogP contribution in [0.3, 0.4) is 0 Å². The maximum absolute atomic E-state index is 15.5. The Morgan fingerprint density at radius 2 is 1.29 bits per heavy atom. The van der Waals surface area contributed by atoms with E-state index < -0.39 is 39.9 Å². The molecule has 1 aliphatic heterocycles. The third-order valence-electron chi connectivity index (χ3n) is 5.61. The zero-order chi connectivity index (χ0) is 24.8. The summed E-state index contributed by atoms with van der Waals surface area (Å²) in [7, 11) is 0. The predicted octanol–water partition coefficient (Wildman–Crippen LogP) is 5.06. The Bertz CT molecular complexity index is 1280. The number of ether oxygens (including phenoxy) is 2. The first-order valence-corrected chi connectivity index (χ1v) is 10.5.